The molecule has 1 atom stereocenters. The Morgan fingerprint density at radius 2 is 1.79 bits per heavy atom. The fourth-order valence-corrected chi connectivity index (χ4v) is 5.30. The van der Waals surface area contributed by atoms with Gasteiger partial charge in [-0.2, -0.15) is 0 Å². The molecule has 1 spiro atoms. The van der Waals surface area contributed by atoms with Crippen molar-refractivity contribution in [3.63, 3.8) is 0 Å². The topological polar surface area (TPSA) is 51.3 Å². The van der Waals surface area contributed by atoms with Crippen molar-refractivity contribution in [3.8, 4) is 0 Å². The Hall–Kier alpha value is -0.890. The van der Waals surface area contributed by atoms with Gasteiger partial charge in [0.2, 0.25) is 0 Å². The molecule has 7 nitrogen and oxygen atoms in total. The zero-order chi connectivity index (χ0) is 19.4. The lowest BCUT2D eigenvalue weighted by molar-refractivity contribution is -0.00340. The Morgan fingerprint density at radius 3 is 2.46 bits per heavy atom. The number of ether oxygens (including phenoxy) is 1. The molecule has 7 heteroatoms. The van der Waals surface area contributed by atoms with Crippen molar-refractivity contribution in [2.75, 3.05) is 85.1 Å². The maximum Gasteiger partial charge on any atom is 0.410 e. The molecule has 4 fully saturated rings. The molecular formula is C21H39N5O2. The molecule has 4 saturated heterocycles. The number of piperazine rings is 1. The molecule has 4 aliphatic rings. The molecule has 0 aromatic rings. The highest BCUT2D eigenvalue weighted by Crippen LogP contribution is 2.33. The Balaban J connectivity index is 1.19. The van der Waals surface area contributed by atoms with Gasteiger partial charge in [-0.25, -0.2) is 4.79 Å². The number of amides is 1. The Kier molecular flexibility index (Phi) is 6.76. The van der Waals surface area contributed by atoms with E-state index >= 15 is 0 Å². The molecule has 4 aliphatic heterocycles. The van der Waals surface area contributed by atoms with E-state index in [0.717, 1.165) is 90.8 Å². The second-order valence-corrected chi connectivity index (χ2v) is 9.26. The van der Waals surface area contributed by atoms with Gasteiger partial charge in [0.05, 0.1) is 6.54 Å². The van der Waals surface area contributed by atoms with E-state index in [9.17, 15) is 4.79 Å². The molecule has 0 saturated carbocycles. The van der Waals surface area contributed by atoms with Crippen LogP contribution in [-0.4, -0.2) is 116 Å². The average molecular weight is 394 g/mol. The monoisotopic (exact) mass is 393 g/mol. The number of hydrogen-bond donors (Lipinski definition) is 1. The van der Waals surface area contributed by atoms with E-state index in [1.807, 2.05) is 4.90 Å². The summed E-state index contributed by atoms with van der Waals surface area (Å²) < 4.78 is 5.94. The van der Waals surface area contributed by atoms with Crippen LogP contribution in [0, 0.1) is 5.92 Å². The summed E-state index contributed by atoms with van der Waals surface area (Å²) in [6.45, 7) is 16.2. The van der Waals surface area contributed by atoms with Crippen LogP contribution in [0.3, 0.4) is 0 Å². The van der Waals surface area contributed by atoms with Crippen LogP contribution in [0.15, 0.2) is 0 Å². The van der Waals surface area contributed by atoms with Gasteiger partial charge >= 0.3 is 6.09 Å². The molecule has 0 aromatic carbocycles. The highest BCUT2D eigenvalue weighted by atomic mass is 16.6. The smallest absolute Gasteiger partial charge is 0.410 e. The van der Waals surface area contributed by atoms with Crippen molar-refractivity contribution in [1.29, 1.82) is 0 Å². The van der Waals surface area contributed by atoms with Crippen molar-refractivity contribution >= 4 is 6.09 Å². The van der Waals surface area contributed by atoms with Crippen LogP contribution in [0.4, 0.5) is 4.79 Å². The molecule has 0 aliphatic carbocycles. The van der Waals surface area contributed by atoms with Gasteiger partial charge in [-0.1, -0.05) is 6.92 Å². The van der Waals surface area contributed by atoms with Crippen molar-refractivity contribution < 1.29 is 9.53 Å². The summed E-state index contributed by atoms with van der Waals surface area (Å²) >= 11 is 0. The molecule has 28 heavy (non-hydrogen) atoms. The number of nitrogens with zero attached hydrogens (tertiary/aromatic N) is 4. The van der Waals surface area contributed by atoms with E-state index in [-0.39, 0.29) is 11.7 Å². The first-order valence-corrected chi connectivity index (χ1v) is 11.5. The van der Waals surface area contributed by atoms with E-state index in [1.165, 1.54) is 25.9 Å². The molecule has 0 radical (unpaired) electrons. The summed E-state index contributed by atoms with van der Waals surface area (Å²) in [6.07, 6.45) is 4.55. The van der Waals surface area contributed by atoms with Gasteiger partial charge in [0.25, 0.3) is 0 Å². The SMILES string of the molecule is CCN1CCN(CCN2CC3(CCN(CC4CCCNC4)CC3)OC2=O)CC1. The van der Waals surface area contributed by atoms with Crippen molar-refractivity contribution in [3.05, 3.63) is 0 Å². The molecule has 1 unspecified atom stereocenters. The zero-order valence-corrected chi connectivity index (χ0v) is 17.7. The second-order valence-electron chi connectivity index (χ2n) is 9.26. The minimum atomic E-state index is -0.223. The standard InChI is InChI=1S/C21H39N5O2/c1-2-23-10-12-24(13-11-23)14-15-26-18-21(28-20(26)27)5-8-25(9-6-21)17-19-4-3-7-22-16-19/h19,22H,2-18H2,1H3. The highest BCUT2D eigenvalue weighted by Gasteiger charge is 2.46. The number of hydrogen-bond acceptors (Lipinski definition) is 6. The van der Waals surface area contributed by atoms with Crippen LogP contribution in [0.5, 0.6) is 0 Å². The molecule has 160 valence electrons. The van der Waals surface area contributed by atoms with E-state index in [4.69, 9.17) is 4.74 Å². The molecular weight excluding hydrogens is 354 g/mol. The Labute approximate surface area is 170 Å². The second kappa shape index (κ2) is 9.28. The minimum absolute atomic E-state index is 0.0860. The number of carbonyl (C=O) groups is 1. The summed E-state index contributed by atoms with van der Waals surface area (Å²) in [6, 6.07) is 0. The number of carbonyl (C=O) groups excluding carboxylic acids is 1. The average Bonchev–Trinajstić information content (AvgIpc) is 3.04. The van der Waals surface area contributed by atoms with Gasteiger partial charge in [-0.3, -0.25) is 4.90 Å². The molecule has 1 N–H and O–H groups in total. The first-order valence-electron chi connectivity index (χ1n) is 11.5. The van der Waals surface area contributed by atoms with Gasteiger partial charge in [-0.05, 0) is 38.4 Å². The maximum absolute atomic E-state index is 12.5. The Morgan fingerprint density at radius 1 is 1.04 bits per heavy atom. The largest absolute Gasteiger partial charge is 0.441 e. The molecule has 4 heterocycles. The van der Waals surface area contributed by atoms with E-state index in [2.05, 4.69) is 26.9 Å². The molecule has 0 aromatic heterocycles. The van der Waals surface area contributed by atoms with Gasteiger partial charge < -0.3 is 24.8 Å². The summed E-state index contributed by atoms with van der Waals surface area (Å²) in [5.41, 5.74) is -0.223. The van der Waals surface area contributed by atoms with Crippen molar-refractivity contribution in [2.45, 2.75) is 38.2 Å². The normalized spacial score (nSPS) is 30.1. The quantitative estimate of drug-likeness (QED) is 0.724. The molecule has 4 rings (SSSR count). The predicted molar refractivity (Wildman–Crippen MR) is 111 cm³/mol. The number of nitrogens with one attached hydrogen (secondary N) is 1. The third kappa shape index (κ3) is 4.99. The molecule has 0 bridgehead atoms. The highest BCUT2D eigenvalue weighted by molar-refractivity contribution is 5.70. The zero-order valence-electron chi connectivity index (χ0n) is 17.7. The number of likely N-dealkylation sites (tertiary alicyclic amines) is 1. The third-order valence-corrected chi connectivity index (χ3v) is 7.32. The minimum Gasteiger partial charge on any atom is -0.441 e. The summed E-state index contributed by atoms with van der Waals surface area (Å²) in [5.74, 6) is 0.790. The van der Waals surface area contributed by atoms with E-state index in [0.29, 0.717) is 0 Å². The lowest BCUT2D eigenvalue weighted by Gasteiger charge is -2.39. The van der Waals surface area contributed by atoms with Gasteiger partial charge in [-0.15, -0.1) is 0 Å². The first kappa shape index (κ1) is 20.4. The van der Waals surface area contributed by atoms with Crippen LogP contribution in [-0.2, 0) is 4.74 Å². The van der Waals surface area contributed by atoms with Gasteiger partial charge in [0, 0.05) is 71.7 Å². The van der Waals surface area contributed by atoms with E-state index in [1.54, 1.807) is 0 Å². The van der Waals surface area contributed by atoms with Crippen LogP contribution in [0.2, 0.25) is 0 Å². The predicted octanol–water partition coefficient (Wildman–Crippen LogP) is 0.910. The van der Waals surface area contributed by atoms with Crippen LogP contribution < -0.4 is 5.32 Å². The van der Waals surface area contributed by atoms with Crippen LogP contribution in [0.1, 0.15) is 32.6 Å². The van der Waals surface area contributed by atoms with Crippen molar-refractivity contribution in [2.24, 2.45) is 5.92 Å². The number of likely N-dealkylation sites (N-methyl/N-ethyl adjacent to an activating group) is 1. The third-order valence-electron chi connectivity index (χ3n) is 7.32. The van der Waals surface area contributed by atoms with Gasteiger partial charge in [0.15, 0.2) is 0 Å². The summed E-state index contributed by atoms with van der Waals surface area (Å²) in [7, 11) is 0. The number of piperidine rings is 2. The van der Waals surface area contributed by atoms with Gasteiger partial charge in [0.1, 0.15) is 5.60 Å². The van der Waals surface area contributed by atoms with Crippen molar-refractivity contribution in [1.82, 2.24) is 24.9 Å². The van der Waals surface area contributed by atoms with Crippen LogP contribution in [0.25, 0.3) is 0 Å². The van der Waals surface area contributed by atoms with E-state index < -0.39 is 0 Å². The maximum atomic E-state index is 12.5. The summed E-state index contributed by atoms with van der Waals surface area (Å²) in [4.78, 5) is 22.0. The fourth-order valence-electron chi connectivity index (χ4n) is 5.30. The lowest BCUT2D eigenvalue weighted by Crippen LogP contribution is -2.50. The summed E-state index contributed by atoms with van der Waals surface area (Å²) in [5, 5.41) is 3.52. The molecule has 1 amide bonds. The first-order chi connectivity index (χ1) is 13.7. The number of rotatable bonds is 6. The lowest BCUT2D eigenvalue weighted by atomic mass is 9.90. The van der Waals surface area contributed by atoms with Crippen LogP contribution >= 0.6 is 0 Å². The Bertz CT molecular complexity index is 509. The fraction of sp³-hybridized carbons (Fsp3) is 0.952.